The summed E-state index contributed by atoms with van der Waals surface area (Å²) in [5.74, 6) is 0.753. The Labute approximate surface area is 517 Å². The standard InChI is InChI=1S/C75H144O8/c1-6-10-14-18-21-23-25-27-29-31-33-35-40-48-57-65-74(78)82-68-71(67-81-73(77)64-56-47-39-34-32-30-28-26-24-22-19-15-11-7-2)83-75(79)66-58-49-41-36-38-45-53-61-69(59-51-43-17-13-9-4)70(60-52-44-37-20-16-12-8-3)62-54-46-42-50-55-63-72(76)80-5/h69-71H,6-68H2,1-5H3. The van der Waals surface area contributed by atoms with Crippen LogP contribution < -0.4 is 0 Å². The van der Waals surface area contributed by atoms with Crippen molar-refractivity contribution in [3.63, 3.8) is 0 Å². The van der Waals surface area contributed by atoms with Gasteiger partial charge in [-0.15, -0.1) is 0 Å². The van der Waals surface area contributed by atoms with Gasteiger partial charge >= 0.3 is 23.9 Å². The van der Waals surface area contributed by atoms with Crippen LogP contribution in [0.2, 0.25) is 0 Å². The first-order valence-electron chi connectivity index (χ1n) is 37.4. The number of unbranched alkanes of at least 4 members (excludes halogenated alkanes) is 47. The molecule has 0 aliphatic carbocycles. The lowest BCUT2D eigenvalue weighted by Gasteiger charge is -2.28. The fourth-order valence-electron chi connectivity index (χ4n) is 12.5. The quantitative estimate of drug-likeness (QED) is 0.0337. The van der Waals surface area contributed by atoms with E-state index in [-0.39, 0.29) is 37.1 Å². The number of hydrogen-bond acceptors (Lipinski definition) is 8. The fourth-order valence-corrected chi connectivity index (χ4v) is 12.5. The third-order valence-electron chi connectivity index (χ3n) is 18.0. The van der Waals surface area contributed by atoms with Gasteiger partial charge in [-0.2, -0.15) is 0 Å². The Morgan fingerprint density at radius 1 is 0.241 bits per heavy atom. The number of methoxy groups -OCH3 is 1. The highest BCUT2D eigenvalue weighted by molar-refractivity contribution is 5.71. The minimum atomic E-state index is -0.785. The monoisotopic (exact) mass is 1170 g/mol. The van der Waals surface area contributed by atoms with Gasteiger partial charge in [-0.3, -0.25) is 19.2 Å². The number of carbonyl (C=O) groups excluding carboxylic acids is 4. The minimum Gasteiger partial charge on any atom is -0.469 e. The van der Waals surface area contributed by atoms with Gasteiger partial charge in [-0.05, 0) is 37.5 Å². The molecule has 0 amide bonds. The van der Waals surface area contributed by atoms with E-state index in [1.807, 2.05) is 0 Å². The molecule has 0 aromatic heterocycles. The molecule has 492 valence electrons. The maximum Gasteiger partial charge on any atom is 0.306 e. The van der Waals surface area contributed by atoms with Crippen molar-refractivity contribution in [2.75, 3.05) is 20.3 Å². The number of esters is 4. The number of rotatable bonds is 69. The molecule has 0 bridgehead atoms. The van der Waals surface area contributed by atoms with E-state index in [9.17, 15) is 19.2 Å². The van der Waals surface area contributed by atoms with Crippen molar-refractivity contribution in [3.8, 4) is 0 Å². The van der Waals surface area contributed by atoms with Gasteiger partial charge in [0, 0.05) is 25.7 Å². The van der Waals surface area contributed by atoms with Crippen LogP contribution in [0, 0.1) is 11.8 Å². The first-order valence-corrected chi connectivity index (χ1v) is 37.4. The molecule has 0 heterocycles. The lowest BCUT2D eigenvalue weighted by molar-refractivity contribution is -0.167. The number of hydrogen-bond donors (Lipinski definition) is 0. The maximum absolute atomic E-state index is 13.2. The topological polar surface area (TPSA) is 105 Å². The lowest BCUT2D eigenvalue weighted by Crippen LogP contribution is -2.30. The van der Waals surface area contributed by atoms with Crippen molar-refractivity contribution in [1.29, 1.82) is 0 Å². The van der Waals surface area contributed by atoms with E-state index in [1.165, 1.54) is 302 Å². The molecular weight excluding hydrogens is 1030 g/mol. The Balaban J connectivity index is 4.98. The minimum absolute atomic E-state index is 0.0746. The molecule has 0 aromatic carbocycles. The van der Waals surface area contributed by atoms with E-state index in [4.69, 9.17) is 18.9 Å². The molecule has 0 rings (SSSR count). The van der Waals surface area contributed by atoms with Gasteiger partial charge in [0.15, 0.2) is 6.10 Å². The summed E-state index contributed by atoms with van der Waals surface area (Å²) in [5, 5.41) is 0. The Kier molecular flexibility index (Phi) is 65.7. The third kappa shape index (κ3) is 61.3. The fraction of sp³-hybridized carbons (Fsp3) is 0.947. The second-order valence-electron chi connectivity index (χ2n) is 26.1. The van der Waals surface area contributed by atoms with Crippen LogP contribution in [0.25, 0.3) is 0 Å². The van der Waals surface area contributed by atoms with Gasteiger partial charge in [0.1, 0.15) is 13.2 Å². The summed E-state index contributed by atoms with van der Waals surface area (Å²) in [6.07, 6.45) is 73.4. The largest absolute Gasteiger partial charge is 0.469 e. The summed E-state index contributed by atoms with van der Waals surface area (Å²) < 4.78 is 22.0. The van der Waals surface area contributed by atoms with Gasteiger partial charge in [0.25, 0.3) is 0 Å². The molecular formula is C75H144O8. The van der Waals surface area contributed by atoms with Crippen molar-refractivity contribution in [2.45, 2.75) is 425 Å². The SMILES string of the molecule is CCCCCCCCCCCCCCCCCC(=O)OCC(COC(=O)CCCCCCCCCCCCCCCC)OC(=O)CCCCCCCCCC(CCCCCCC)C(CCCCCCCCC)CCCCCCCC(=O)OC. The van der Waals surface area contributed by atoms with Gasteiger partial charge in [-0.1, -0.05) is 368 Å². The van der Waals surface area contributed by atoms with Gasteiger partial charge < -0.3 is 18.9 Å². The molecule has 0 aromatic rings. The summed E-state index contributed by atoms with van der Waals surface area (Å²) in [5.41, 5.74) is 0. The second-order valence-corrected chi connectivity index (χ2v) is 26.1. The van der Waals surface area contributed by atoms with Crippen molar-refractivity contribution >= 4 is 23.9 Å². The van der Waals surface area contributed by atoms with Crippen LogP contribution in [-0.2, 0) is 38.1 Å². The Morgan fingerprint density at radius 3 is 0.663 bits per heavy atom. The van der Waals surface area contributed by atoms with Crippen LogP contribution in [-0.4, -0.2) is 50.3 Å². The van der Waals surface area contributed by atoms with Gasteiger partial charge in [-0.25, -0.2) is 0 Å². The van der Waals surface area contributed by atoms with E-state index in [0.29, 0.717) is 25.7 Å². The van der Waals surface area contributed by atoms with Crippen molar-refractivity contribution in [3.05, 3.63) is 0 Å². The normalized spacial score (nSPS) is 12.6. The molecule has 0 saturated carbocycles. The average molecular weight is 1170 g/mol. The van der Waals surface area contributed by atoms with E-state index >= 15 is 0 Å². The van der Waals surface area contributed by atoms with Gasteiger partial charge in [0.2, 0.25) is 0 Å². The molecule has 0 N–H and O–H groups in total. The molecule has 3 atom stereocenters. The smallest absolute Gasteiger partial charge is 0.306 e. The van der Waals surface area contributed by atoms with Crippen LogP contribution in [0.4, 0.5) is 0 Å². The second kappa shape index (κ2) is 67.4. The summed E-state index contributed by atoms with van der Waals surface area (Å²) in [7, 11) is 1.49. The molecule has 8 nitrogen and oxygen atoms in total. The predicted molar refractivity (Wildman–Crippen MR) is 355 cm³/mol. The highest BCUT2D eigenvalue weighted by Gasteiger charge is 2.22. The van der Waals surface area contributed by atoms with Crippen molar-refractivity contribution in [1.82, 2.24) is 0 Å². The molecule has 0 aliphatic rings. The Morgan fingerprint density at radius 2 is 0.434 bits per heavy atom. The van der Waals surface area contributed by atoms with Crippen LogP contribution in [0.5, 0.6) is 0 Å². The summed E-state index contributed by atoms with van der Waals surface area (Å²) >= 11 is 0. The van der Waals surface area contributed by atoms with E-state index in [2.05, 4.69) is 27.7 Å². The van der Waals surface area contributed by atoms with Gasteiger partial charge in [0.05, 0.1) is 7.11 Å². The maximum atomic E-state index is 13.2. The van der Waals surface area contributed by atoms with Crippen LogP contribution in [0.3, 0.4) is 0 Å². The third-order valence-corrected chi connectivity index (χ3v) is 18.0. The molecule has 0 radical (unpaired) electrons. The molecule has 8 heteroatoms. The summed E-state index contributed by atoms with van der Waals surface area (Å²) in [6, 6.07) is 0. The predicted octanol–water partition coefficient (Wildman–Crippen LogP) is 24.3. The molecule has 0 fully saturated rings. The Hall–Kier alpha value is -2.12. The highest BCUT2D eigenvalue weighted by Crippen LogP contribution is 2.34. The first-order chi connectivity index (χ1) is 40.8. The van der Waals surface area contributed by atoms with Crippen molar-refractivity contribution in [2.24, 2.45) is 11.8 Å². The zero-order valence-electron chi connectivity index (χ0n) is 56.5. The number of carbonyl (C=O) groups is 4. The van der Waals surface area contributed by atoms with E-state index < -0.39 is 6.10 Å². The molecule has 0 aliphatic heterocycles. The Bertz CT molecular complexity index is 1350. The van der Waals surface area contributed by atoms with Crippen LogP contribution in [0.1, 0.15) is 419 Å². The average Bonchev–Trinajstić information content (AvgIpc) is 3.50. The summed E-state index contributed by atoms with van der Waals surface area (Å²) in [4.78, 5) is 50.5. The molecule has 3 unspecified atom stereocenters. The zero-order valence-corrected chi connectivity index (χ0v) is 56.5. The zero-order chi connectivity index (χ0) is 60.4. The summed E-state index contributed by atoms with van der Waals surface area (Å²) in [6.45, 7) is 9.02. The highest BCUT2D eigenvalue weighted by atomic mass is 16.6. The van der Waals surface area contributed by atoms with Crippen LogP contribution in [0.15, 0.2) is 0 Å². The number of ether oxygens (including phenoxy) is 4. The van der Waals surface area contributed by atoms with E-state index in [1.54, 1.807) is 0 Å². The molecule has 0 saturated heterocycles. The molecule has 0 spiro atoms. The van der Waals surface area contributed by atoms with E-state index in [0.717, 1.165) is 82.5 Å². The van der Waals surface area contributed by atoms with Crippen molar-refractivity contribution < 1.29 is 38.1 Å². The lowest BCUT2D eigenvalue weighted by atomic mass is 9.78. The van der Waals surface area contributed by atoms with Crippen LogP contribution >= 0.6 is 0 Å². The first kappa shape index (κ1) is 80.9. The molecule has 83 heavy (non-hydrogen) atoms.